The van der Waals surface area contributed by atoms with Crippen LogP contribution in [0.4, 0.5) is 15.6 Å². The zero-order valence-corrected chi connectivity index (χ0v) is 40.8. The number of para-hydroxylation sites is 2. The van der Waals surface area contributed by atoms with E-state index in [2.05, 4.69) is 28.6 Å². The highest BCUT2D eigenvalue weighted by Gasteiger charge is 2.76. The molecule has 0 saturated carbocycles. The van der Waals surface area contributed by atoms with Crippen LogP contribution >= 0.6 is 11.3 Å². The molecule has 3 N–H and O–H groups in total. The van der Waals surface area contributed by atoms with Crippen molar-refractivity contribution in [1.29, 1.82) is 0 Å². The van der Waals surface area contributed by atoms with Crippen LogP contribution in [-0.2, 0) is 34.1 Å². The van der Waals surface area contributed by atoms with Crippen molar-refractivity contribution in [2.45, 2.75) is 75.2 Å². The summed E-state index contributed by atoms with van der Waals surface area (Å²) < 4.78 is 18.9. The van der Waals surface area contributed by atoms with Gasteiger partial charge >= 0.3 is 18.0 Å². The molecular formula is C57H53N5O9S. The predicted molar refractivity (Wildman–Crippen MR) is 272 cm³/mol. The molecule has 72 heavy (non-hydrogen) atoms. The molecule has 15 heteroatoms. The quantitative estimate of drug-likeness (QED) is 0.0836. The number of nitrogens with zero attached hydrogens (tertiary/aromatic N) is 3. The van der Waals surface area contributed by atoms with E-state index in [-0.39, 0.29) is 35.3 Å². The van der Waals surface area contributed by atoms with E-state index in [1.807, 2.05) is 89.8 Å². The van der Waals surface area contributed by atoms with E-state index in [0.29, 0.717) is 27.8 Å². The predicted octanol–water partition coefficient (Wildman–Crippen LogP) is 8.73. The van der Waals surface area contributed by atoms with Crippen molar-refractivity contribution < 1.29 is 43.3 Å². The first kappa shape index (κ1) is 48.0. The number of rotatable bonds is 11. The van der Waals surface area contributed by atoms with Crippen LogP contribution in [0.1, 0.15) is 85.5 Å². The van der Waals surface area contributed by atoms with Gasteiger partial charge in [-0.05, 0) is 90.3 Å². The van der Waals surface area contributed by atoms with Gasteiger partial charge in [-0.1, -0.05) is 134 Å². The van der Waals surface area contributed by atoms with E-state index in [4.69, 9.17) is 19.2 Å². The van der Waals surface area contributed by atoms with E-state index in [1.165, 1.54) is 18.4 Å². The number of morpholine rings is 1. The number of aliphatic hydroxyl groups is 1. The lowest BCUT2D eigenvalue weighted by atomic mass is 9.65. The van der Waals surface area contributed by atoms with E-state index in [0.717, 1.165) is 40.9 Å². The Bertz CT molecular complexity index is 3130. The van der Waals surface area contributed by atoms with Gasteiger partial charge in [0.05, 0.1) is 47.6 Å². The number of carbonyl (C=O) groups excluding carboxylic acids is 5. The number of imide groups is 1. The first-order chi connectivity index (χ1) is 35.0. The summed E-state index contributed by atoms with van der Waals surface area (Å²) in [6, 6.07) is 32.5. The molecule has 4 aliphatic rings. The molecule has 0 radical (unpaired) electrons. The maximum absolute atomic E-state index is 16.8. The number of aliphatic hydroxyl groups excluding tert-OH is 1. The van der Waals surface area contributed by atoms with Crippen LogP contribution in [0.25, 0.3) is 10.2 Å². The summed E-state index contributed by atoms with van der Waals surface area (Å²) in [4.78, 5) is 84.7. The number of anilines is 2. The van der Waals surface area contributed by atoms with Gasteiger partial charge < -0.3 is 30.0 Å². The third-order valence-electron chi connectivity index (χ3n) is 14.1. The summed E-state index contributed by atoms with van der Waals surface area (Å²) in [5.74, 6) is 1.75. The largest absolute Gasteiger partial charge is 0.491 e. The fourth-order valence-electron chi connectivity index (χ4n) is 11.0. The summed E-state index contributed by atoms with van der Waals surface area (Å²) in [6.07, 6.45) is 4.94. The van der Waals surface area contributed by atoms with Gasteiger partial charge in [-0.25, -0.2) is 19.5 Å². The van der Waals surface area contributed by atoms with E-state index in [9.17, 15) is 9.90 Å². The second-order valence-electron chi connectivity index (χ2n) is 18.6. The molecule has 1 aromatic heterocycles. The SMILES string of the molecule is COC(=O)C(NC(=O)N1C(=O)C2(c3cc(C#CC4=CCCCC4)ccc31)C(C(=O)Nc1nc3ccccc3s1)C1C(=O)OC(c3ccccc3)C(c3ccccc3)N1C2c1ccccc1OCCO)C(C)C. The Morgan fingerprint density at radius 3 is 2.32 bits per heavy atom. The Hall–Kier alpha value is -7.64. The van der Waals surface area contributed by atoms with Gasteiger partial charge in [-0.15, -0.1) is 0 Å². The Balaban J connectivity index is 1.29. The second-order valence-corrected chi connectivity index (χ2v) is 19.7. The number of methoxy groups -OCH3 is 1. The van der Waals surface area contributed by atoms with E-state index in [1.54, 1.807) is 56.3 Å². The molecule has 3 aliphatic heterocycles. The lowest BCUT2D eigenvalue weighted by molar-refractivity contribution is -0.178. The van der Waals surface area contributed by atoms with Gasteiger partial charge in [-0.3, -0.25) is 19.3 Å². The third-order valence-corrected chi connectivity index (χ3v) is 15.0. The highest BCUT2D eigenvalue weighted by molar-refractivity contribution is 7.22. The first-order valence-corrected chi connectivity index (χ1v) is 25.0. The number of allylic oxidation sites excluding steroid dienone is 2. The molecule has 7 atom stereocenters. The van der Waals surface area contributed by atoms with Crippen LogP contribution < -0.4 is 20.3 Å². The smallest absolute Gasteiger partial charge is 0.329 e. The molecule has 0 bridgehead atoms. The Kier molecular flexibility index (Phi) is 13.5. The summed E-state index contributed by atoms with van der Waals surface area (Å²) in [6.45, 7) is 3.01. The molecule has 6 aromatic rings. The molecule has 14 nitrogen and oxygen atoms in total. The monoisotopic (exact) mass is 983 g/mol. The fourth-order valence-corrected chi connectivity index (χ4v) is 11.9. The van der Waals surface area contributed by atoms with Gasteiger partial charge in [0.25, 0.3) is 0 Å². The van der Waals surface area contributed by atoms with Crippen LogP contribution in [0.15, 0.2) is 139 Å². The number of benzene rings is 5. The number of ether oxygens (including phenoxy) is 3. The van der Waals surface area contributed by atoms with Gasteiger partial charge in [0.1, 0.15) is 36.0 Å². The van der Waals surface area contributed by atoms with E-state index < -0.39 is 77.3 Å². The van der Waals surface area contributed by atoms with Gasteiger partial charge in [0.15, 0.2) is 5.13 Å². The number of carbonyl (C=O) groups is 5. The second kappa shape index (κ2) is 20.2. The zero-order chi connectivity index (χ0) is 50.1. The van der Waals surface area contributed by atoms with Crippen molar-refractivity contribution in [3.8, 4) is 17.6 Å². The molecular weight excluding hydrogens is 931 g/mol. The first-order valence-electron chi connectivity index (χ1n) is 24.2. The summed E-state index contributed by atoms with van der Waals surface area (Å²) in [5.41, 5.74) is 2.06. The highest BCUT2D eigenvalue weighted by atomic mass is 32.1. The lowest BCUT2D eigenvalue weighted by Gasteiger charge is -2.46. The summed E-state index contributed by atoms with van der Waals surface area (Å²) >= 11 is 1.23. The molecule has 1 spiro atoms. The average molecular weight is 984 g/mol. The molecule has 5 aromatic carbocycles. The van der Waals surface area contributed by atoms with Gasteiger partial charge in [-0.2, -0.15) is 0 Å². The minimum absolute atomic E-state index is 0.118. The van der Waals surface area contributed by atoms with Crippen LogP contribution in [0.2, 0.25) is 0 Å². The minimum Gasteiger partial charge on any atom is -0.491 e. The van der Waals surface area contributed by atoms with Crippen molar-refractivity contribution in [1.82, 2.24) is 15.2 Å². The maximum Gasteiger partial charge on any atom is 0.329 e. The van der Waals surface area contributed by atoms with Crippen molar-refractivity contribution in [2.75, 3.05) is 30.5 Å². The zero-order valence-electron chi connectivity index (χ0n) is 39.9. The van der Waals surface area contributed by atoms with Crippen molar-refractivity contribution in [3.05, 3.63) is 167 Å². The molecule has 2 saturated heterocycles. The number of urea groups is 1. The molecule has 7 unspecified atom stereocenters. The summed E-state index contributed by atoms with van der Waals surface area (Å²) in [5, 5.41) is 16.2. The molecule has 366 valence electrons. The number of fused-ring (bicyclic) bond motifs is 4. The standard InChI is InChI=1S/C57H53N5O9S/c1-34(2)46(52(65)69-3)59-56(68)61-42-30-29-36(28-27-35-17-7-4-8-18-35)33-40(42)57(54(61)67)45(51(64)60-55-58-41-24-14-16-26-44(41)72-55)48-53(66)71-49(38-21-11-6-12-22-38)47(37-19-9-5-10-20-37)62(48)50(57)39-23-13-15-25-43(39)70-32-31-63/h5-6,9-17,19-26,29-30,33-34,45-50,63H,4,7-8,18,31-32H2,1-3H3,(H,59,68)(H,58,60,64). The lowest BCUT2D eigenvalue weighted by Crippen LogP contribution is -2.57. The van der Waals surface area contributed by atoms with Crippen LogP contribution in [0.5, 0.6) is 5.75 Å². The van der Waals surface area contributed by atoms with Crippen molar-refractivity contribution in [3.63, 3.8) is 0 Å². The number of thiazole rings is 1. The highest BCUT2D eigenvalue weighted by Crippen LogP contribution is 2.67. The van der Waals surface area contributed by atoms with Gasteiger partial charge in [0.2, 0.25) is 11.8 Å². The van der Waals surface area contributed by atoms with Crippen LogP contribution in [-0.4, -0.2) is 77.2 Å². The summed E-state index contributed by atoms with van der Waals surface area (Å²) in [7, 11) is 1.22. The number of amides is 4. The van der Waals surface area contributed by atoms with Crippen molar-refractivity contribution in [2.24, 2.45) is 11.8 Å². The molecule has 4 amide bonds. The molecule has 1 aliphatic carbocycles. The van der Waals surface area contributed by atoms with Crippen molar-refractivity contribution >= 4 is 62.2 Å². The van der Waals surface area contributed by atoms with Crippen LogP contribution in [0.3, 0.4) is 0 Å². The Labute approximate surface area is 421 Å². The number of aromatic nitrogens is 1. The molecule has 2 fully saturated rings. The number of esters is 2. The average Bonchev–Trinajstić information content (AvgIpc) is 4.05. The number of hydrogen-bond donors (Lipinski definition) is 3. The molecule has 4 heterocycles. The van der Waals surface area contributed by atoms with Crippen LogP contribution in [0, 0.1) is 23.7 Å². The minimum atomic E-state index is -2.17. The number of nitrogens with one attached hydrogen (secondary N) is 2. The topological polar surface area (TPSA) is 177 Å². The normalized spacial score (nSPS) is 22.8. The number of cyclic esters (lactones) is 1. The van der Waals surface area contributed by atoms with E-state index >= 15 is 19.2 Å². The Morgan fingerprint density at radius 1 is 0.889 bits per heavy atom. The Morgan fingerprint density at radius 2 is 1.61 bits per heavy atom. The maximum atomic E-state index is 16.8. The number of hydrogen-bond acceptors (Lipinski definition) is 12. The fraction of sp³-hybridized carbons (Fsp3) is 0.298. The molecule has 10 rings (SSSR count). The van der Waals surface area contributed by atoms with Gasteiger partial charge in [0, 0.05) is 11.1 Å². The third kappa shape index (κ3) is 8.48.